The van der Waals surface area contributed by atoms with E-state index < -0.39 is 0 Å². The van der Waals surface area contributed by atoms with E-state index in [0.29, 0.717) is 12.5 Å². The summed E-state index contributed by atoms with van der Waals surface area (Å²) in [5, 5.41) is 4.13. The topological polar surface area (TPSA) is 89.2 Å². The Morgan fingerprint density at radius 1 is 1.40 bits per heavy atom. The van der Waals surface area contributed by atoms with Gasteiger partial charge in [0, 0.05) is 13.6 Å². The lowest BCUT2D eigenvalue weighted by Crippen LogP contribution is -2.22. The third kappa shape index (κ3) is 3.78. The molecule has 0 atom stereocenters. The van der Waals surface area contributed by atoms with Crippen molar-refractivity contribution in [2.45, 2.75) is 26.5 Å². The van der Waals surface area contributed by atoms with Crippen molar-refractivity contribution < 1.29 is 4.74 Å². The minimum absolute atomic E-state index is 0.0157. The average molecular weight is 294 g/mol. The number of nitrogens with zero attached hydrogens (tertiary/aromatic N) is 4. The van der Waals surface area contributed by atoms with Crippen LogP contribution >= 0.6 is 11.3 Å². The summed E-state index contributed by atoms with van der Waals surface area (Å²) in [6.45, 7) is 4.53. The highest BCUT2D eigenvalue weighted by Gasteiger charge is 2.12. The van der Waals surface area contributed by atoms with E-state index in [4.69, 9.17) is 10.6 Å². The highest BCUT2D eigenvalue weighted by molar-refractivity contribution is 7.07. The van der Waals surface area contributed by atoms with E-state index in [0.717, 1.165) is 0 Å². The zero-order chi connectivity index (χ0) is 14.5. The van der Waals surface area contributed by atoms with Crippen molar-refractivity contribution in [3.05, 3.63) is 22.4 Å². The number of nitrogens with two attached hydrogens (primary N) is 1. The molecule has 0 aliphatic heterocycles. The zero-order valence-electron chi connectivity index (χ0n) is 11.7. The first-order chi connectivity index (χ1) is 9.58. The second-order valence-electron chi connectivity index (χ2n) is 4.54. The van der Waals surface area contributed by atoms with Crippen molar-refractivity contribution in [2.24, 2.45) is 5.84 Å². The number of rotatable bonds is 6. The molecular formula is C12H18N6OS. The van der Waals surface area contributed by atoms with E-state index in [1.54, 1.807) is 11.3 Å². The Balaban J connectivity index is 2.20. The minimum atomic E-state index is -0.0157. The Hall–Kier alpha value is -1.93. The summed E-state index contributed by atoms with van der Waals surface area (Å²) in [7, 11) is 1.91. The van der Waals surface area contributed by atoms with Crippen LogP contribution in [0.25, 0.3) is 0 Å². The fourth-order valence-corrected chi connectivity index (χ4v) is 2.23. The Bertz CT molecular complexity index is 545. The number of anilines is 2. The van der Waals surface area contributed by atoms with Crippen molar-refractivity contribution in [3.8, 4) is 6.01 Å². The molecule has 108 valence electrons. The smallest absolute Gasteiger partial charge is 0.323 e. The van der Waals surface area contributed by atoms with Crippen LogP contribution in [0.4, 0.5) is 11.9 Å². The summed E-state index contributed by atoms with van der Waals surface area (Å²) in [4.78, 5) is 14.5. The fraction of sp³-hybridized carbons (Fsp3) is 0.417. The summed E-state index contributed by atoms with van der Waals surface area (Å²) in [6.07, 6.45) is -0.0157. The van der Waals surface area contributed by atoms with Gasteiger partial charge in [0.2, 0.25) is 11.9 Å². The first kappa shape index (κ1) is 14.5. The molecule has 0 aliphatic carbocycles. The highest BCUT2D eigenvalue weighted by atomic mass is 32.1. The number of nitrogens with one attached hydrogen (secondary N) is 1. The molecule has 2 heterocycles. The molecule has 0 spiro atoms. The van der Waals surface area contributed by atoms with Crippen LogP contribution in [-0.2, 0) is 6.54 Å². The molecule has 0 aliphatic rings. The number of hydrazine groups is 1. The van der Waals surface area contributed by atoms with Gasteiger partial charge in [0.25, 0.3) is 0 Å². The summed E-state index contributed by atoms with van der Waals surface area (Å²) < 4.78 is 5.50. The van der Waals surface area contributed by atoms with Crippen molar-refractivity contribution >= 4 is 23.2 Å². The maximum atomic E-state index is 5.50. The number of hydrogen-bond donors (Lipinski definition) is 2. The van der Waals surface area contributed by atoms with Gasteiger partial charge in [0.1, 0.15) is 0 Å². The molecule has 0 unspecified atom stereocenters. The average Bonchev–Trinajstić information content (AvgIpc) is 2.90. The van der Waals surface area contributed by atoms with Crippen LogP contribution in [-0.4, -0.2) is 28.1 Å². The predicted octanol–water partition coefficient (Wildman–Crippen LogP) is 1.64. The molecule has 0 bridgehead atoms. The third-order valence-electron chi connectivity index (χ3n) is 2.41. The molecule has 20 heavy (non-hydrogen) atoms. The van der Waals surface area contributed by atoms with E-state index in [1.807, 2.05) is 31.2 Å². The molecule has 2 rings (SSSR count). The largest absolute Gasteiger partial charge is 0.461 e. The first-order valence-corrected chi connectivity index (χ1v) is 7.14. The molecule has 3 N–H and O–H groups in total. The number of nitrogen functional groups attached to an aromatic ring is 1. The molecule has 0 aromatic carbocycles. The monoisotopic (exact) mass is 294 g/mol. The van der Waals surface area contributed by atoms with Crippen LogP contribution in [0.1, 0.15) is 19.4 Å². The van der Waals surface area contributed by atoms with Gasteiger partial charge in [-0.1, -0.05) is 0 Å². The van der Waals surface area contributed by atoms with Crippen LogP contribution in [0.2, 0.25) is 0 Å². The first-order valence-electron chi connectivity index (χ1n) is 6.20. The lowest BCUT2D eigenvalue weighted by Gasteiger charge is -2.18. The Morgan fingerprint density at radius 3 is 2.80 bits per heavy atom. The quantitative estimate of drug-likeness (QED) is 0.618. The van der Waals surface area contributed by atoms with Crippen LogP contribution in [0, 0.1) is 0 Å². The number of aromatic nitrogens is 3. The van der Waals surface area contributed by atoms with E-state index in [1.165, 1.54) is 5.56 Å². The second kappa shape index (κ2) is 6.49. The van der Waals surface area contributed by atoms with Gasteiger partial charge >= 0.3 is 6.01 Å². The summed E-state index contributed by atoms with van der Waals surface area (Å²) in [5.74, 6) is 6.17. The van der Waals surface area contributed by atoms with E-state index in [2.05, 4.69) is 31.8 Å². The maximum Gasteiger partial charge on any atom is 0.323 e. The maximum absolute atomic E-state index is 5.50. The Labute approximate surface area is 121 Å². The van der Waals surface area contributed by atoms with Gasteiger partial charge < -0.3 is 9.64 Å². The molecule has 7 nitrogen and oxygen atoms in total. The standard InChI is InChI=1S/C12H18N6OS/c1-8(2)19-12-15-10(17-13)14-11(16-12)18(3)6-9-4-5-20-7-9/h4-5,7-8H,6,13H2,1-3H3,(H,14,15,16,17). The Morgan fingerprint density at radius 2 is 2.20 bits per heavy atom. The van der Waals surface area contributed by atoms with Crippen LogP contribution < -0.4 is 20.9 Å². The lowest BCUT2D eigenvalue weighted by molar-refractivity contribution is 0.222. The number of ether oxygens (including phenoxy) is 1. The summed E-state index contributed by atoms with van der Waals surface area (Å²) >= 11 is 1.66. The minimum Gasteiger partial charge on any atom is -0.461 e. The third-order valence-corrected chi connectivity index (χ3v) is 3.15. The van der Waals surface area contributed by atoms with Gasteiger partial charge in [0.05, 0.1) is 6.10 Å². The SMILES string of the molecule is CC(C)Oc1nc(NN)nc(N(C)Cc2ccsc2)n1. The van der Waals surface area contributed by atoms with Gasteiger partial charge in [0.15, 0.2) is 0 Å². The molecule has 8 heteroatoms. The van der Waals surface area contributed by atoms with E-state index in [-0.39, 0.29) is 18.1 Å². The predicted molar refractivity (Wildman–Crippen MR) is 79.8 cm³/mol. The summed E-state index contributed by atoms with van der Waals surface area (Å²) in [6, 6.07) is 2.32. The molecule has 2 aromatic rings. The van der Waals surface area contributed by atoms with Crippen molar-refractivity contribution in [1.29, 1.82) is 0 Å². The second-order valence-corrected chi connectivity index (χ2v) is 5.32. The highest BCUT2D eigenvalue weighted by Crippen LogP contribution is 2.17. The van der Waals surface area contributed by atoms with Gasteiger partial charge in [-0.2, -0.15) is 26.3 Å². The summed E-state index contributed by atoms with van der Waals surface area (Å²) in [5.41, 5.74) is 3.63. The van der Waals surface area contributed by atoms with Gasteiger partial charge in [-0.05, 0) is 36.2 Å². The molecule has 2 aromatic heterocycles. The van der Waals surface area contributed by atoms with Gasteiger partial charge in [-0.25, -0.2) is 5.84 Å². The van der Waals surface area contributed by atoms with Crippen LogP contribution in [0.5, 0.6) is 6.01 Å². The van der Waals surface area contributed by atoms with Crippen molar-refractivity contribution in [2.75, 3.05) is 17.4 Å². The molecule has 0 amide bonds. The van der Waals surface area contributed by atoms with Gasteiger partial charge in [-0.3, -0.25) is 5.43 Å². The molecule has 0 fully saturated rings. The molecule has 0 saturated heterocycles. The van der Waals surface area contributed by atoms with Crippen molar-refractivity contribution in [1.82, 2.24) is 15.0 Å². The molecule has 0 saturated carbocycles. The molecule has 0 radical (unpaired) electrons. The van der Waals surface area contributed by atoms with Gasteiger partial charge in [-0.15, -0.1) is 0 Å². The van der Waals surface area contributed by atoms with E-state index >= 15 is 0 Å². The Kier molecular flexibility index (Phi) is 4.70. The zero-order valence-corrected chi connectivity index (χ0v) is 12.5. The van der Waals surface area contributed by atoms with Crippen LogP contribution in [0.3, 0.4) is 0 Å². The van der Waals surface area contributed by atoms with Crippen LogP contribution in [0.15, 0.2) is 16.8 Å². The number of hydrogen-bond acceptors (Lipinski definition) is 8. The van der Waals surface area contributed by atoms with E-state index in [9.17, 15) is 0 Å². The lowest BCUT2D eigenvalue weighted by atomic mass is 10.3. The number of thiophene rings is 1. The fourth-order valence-electron chi connectivity index (χ4n) is 1.57. The molecular weight excluding hydrogens is 276 g/mol. The normalized spacial score (nSPS) is 10.7. The van der Waals surface area contributed by atoms with Crippen molar-refractivity contribution in [3.63, 3.8) is 0 Å².